The van der Waals surface area contributed by atoms with Crippen LogP contribution < -0.4 is 0 Å². The van der Waals surface area contributed by atoms with Gasteiger partial charge in [0.05, 0.1) is 0 Å². The third-order valence-electron chi connectivity index (χ3n) is 6.49. The minimum Gasteiger partial charge on any atom is -0.304 e. The van der Waals surface area contributed by atoms with E-state index >= 15 is 4.39 Å². The highest BCUT2D eigenvalue weighted by molar-refractivity contribution is 6.10. The van der Waals surface area contributed by atoms with Gasteiger partial charge < -0.3 is 4.90 Å². The van der Waals surface area contributed by atoms with Crippen LogP contribution in [0.4, 0.5) is 4.39 Å². The maximum Gasteiger partial charge on any atom is 0.163 e. The minimum absolute atomic E-state index is 0.171. The van der Waals surface area contributed by atoms with Crippen molar-refractivity contribution in [3.63, 3.8) is 0 Å². The van der Waals surface area contributed by atoms with Crippen molar-refractivity contribution in [2.75, 3.05) is 26.7 Å². The molecule has 0 saturated carbocycles. The molecule has 0 aromatic heterocycles. The largest absolute Gasteiger partial charge is 0.304 e. The predicted octanol–water partition coefficient (Wildman–Crippen LogP) is 7.39. The van der Waals surface area contributed by atoms with E-state index in [-0.39, 0.29) is 11.6 Å². The molecule has 2 aliphatic rings. The first-order valence-corrected chi connectivity index (χ1v) is 12.8. The molecule has 0 N–H and O–H groups in total. The number of benzene rings is 2. The molecular formula is C30H41FN2O. The van der Waals surface area contributed by atoms with Gasteiger partial charge in [-0.15, -0.1) is 0 Å². The average Bonchev–Trinajstić information content (AvgIpc) is 3.44. The zero-order valence-corrected chi connectivity index (χ0v) is 22.1. The predicted molar refractivity (Wildman–Crippen MR) is 145 cm³/mol. The molecular weight excluding hydrogens is 423 g/mol. The number of fused-ring (bicyclic) bond motifs is 5. The van der Waals surface area contributed by atoms with Gasteiger partial charge in [-0.25, -0.2) is 4.39 Å². The summed E-state index contributed by atoms with van der Waals surface area (Å²) in [4.78, 5) is 18.5. The number of carbonyl (C=O) groups excluding carboxylic acids is 1. The number of allylic oxidation sites excluding steroid dienone is 2. The van der Waals surface area contributed by atoms with E-state index in [1.807, 2.05) is 51.1 Å². The van der Waals surface area contributed by atoms with Crippen molar-refractivity contribution >= 4 is 17.6 Å². The summed E-state index contributed by atoms with van der Waals surface area (Å²) in [5, 5.41) is 0. The first kappa shape index (κ1) is 27.7. The Labute approximate surface area is 205 Å². The molecule has 0 heterocycles. The van der Waals surface area contributed by atoms with Crippen LogP contribution in [0.3, 0.4) is 0 Å². The highest BCUT2D eigenvalue weighted by atomic mass is 19.1. The molecule has 4 heteroatoms. The molecule has 184 valence electrons. The molecule has 0 fully saturated rings. The van der Waals surface area contributed by atoms with E-state index in [4.69, 9.17) is 0 Å². The van der Waals surface area contributed by atoms with Crippen molar-refractivity contribution in [3.05, 3.63) is 64.0 Å². The summed E-state index contributed by atoms with van der Waals surface area (Å²) in [7, 11) is 1.68. The van der Waals surface area contributed by atoms with Crippen LogP contribution in [0.1, 0.15) is 87.0 Å². The van der Waals surface area contributed by atoms with Gasteiger partial charge in [0.25, 0.3) is 0 Å². The summed E-state index contributed by atoms with van der Waals surface area (Å²) < 4.78 is 15.4. The van der Waals surface area contributed by atoms with Gasteiger partial charge in [0.15, 0.2) is 5.78 Å². The van der Waals surface area contributed by atoms with Gasteiger partial charge in [-0.2, -0.15) is 0 Å². The van der Waals surface area contributed by atoms with Crippen LogP contribution in [0.15, 0.2) is 35.3 Å². The molecule has 2 aliphatic carbocycles. The summed E-state index contributed by atoms with van der Waals surface area (Å²) in [5.41, 5.74) is 6.90. The van der Waals surface area contributed by atoms with E-state index in [0.29, 0.717) is 24.0 Å². The van der Waals surface area contributed by atoms with Gasteiger partial charge >= 0.3 is 0 Å². The Balaban J connectivity index is 0.000000350. The van der Waals surface area contributed by atoms with E-state index in [2.05, 4.69) is 30.7 Å². The lowest BCUT2D eigenvalue weighted by atomic mass is 9.93. The Hall–Kier alpha value is -2.59. The molecule has 0 unspecified atom stereocenters. The molecule has 0 atom stereocenters. The molecule has 4 rings (SSSR count). The average molecular weight is 465 g/mol. The Morgan fingerprint density at radius 3 is 2.24 bits per heavy atom. The highest BCUT2D eigenvalue weighted by Crippen LogP contribution is 2.45. The molecule has 2 aromatic rings. The molecule has 0 aliphatic heterocycles. The lowest BCUT2D eigenvalue weighted by molar-refractivity contribution is 0.0994. The third-order valence-corrected chi connectivity index (χ3v) is 6.49. The normalized spacial score (nSPS) is 13.8. The number of rotatable bonds is 6. The Morgan fingerprint density at radius 1 is 1.03 bits per heavy atom. The first-order valence-electron chi connectivity index (χ1n) is 12.8. The van der Waals surface area contributed by atoms with Crippen molar-refractivity contribution in [3.8, 4) is 11.1 Å². The second-order valence-corrected chi connectivity index (χ2v) is 8.35. The van der Waals surface area contributed by atoms with E-state index < -0.39 is 0 Å². The summed E-state index contributed by atoms with van der Waals surface area (Å²) in [6.07, 6.45) is 6.81. The van der Waals surface area contributed by atoms with Crippen LogP contribution in [0.25, 0.3) is 16.7 Å². The third kappa shape index (κ3) is 5.72. The maximum atomic E-state index is 15.4. The monoisotopic (exact) mass is 464 g/mol. The first-order chi connectivity index (χ1) is 16.5. The van der Waals surface area contributed by atoms with Gasteiger partial charge in [-0.05, 0) is 73.6 Å². The standard InChI is InChI=1S/C21H18FNO.C7H17N.C2H6/c1-3-12(11-23-2)15-6-4-14-10-13-5-7-16-17(8-9-18(16)24)19(13)20(14)21(15)22;1-4-7-8(5-2)6-3;1-2/h3-7,11H,8-10H2,1-2H3;4-7H2,1-3H3;1-2H3/b12-3+,23-11?;;. The van der Waals surface area contributed by atoms with Gasteiger partial charge in [0, 0.05) is 36.4 Å². The molecule has 0 bridgehead atoms. The highest BCUT2D eigenvalue weighted by Gasteiger charge is 2.31. The molecule has 0 saturated heterocycles. The lowest BCUT2D eigenvalue weighted by Crippen LogP contribution is -2.23. The summed E-state index contributed by atoms with van der Waals surface area (Å²) in [6, 6.07) is 7.74. The molecule has 3 nitrogen and oxygen atoms in total. The van der Waals surface area contributed by atoms with Gasteiger partial charge in [-0.3, -0.25) is 9.79 Å². The summed E-state index contributed by atoms with van der Waals surface area (Å²) in [6.45, 7) is 16.2. The fourth-order valence-corrected chi connectivity index (χ4v) is 4.81. The van der Waals surface area contributed by atoms with Gasteiger partial charge in [-0.1, -0.05) is 65.0 Å². The number of carbonyl (C=O) groups is 1. The fraction of sp³-hybridized carbons (Fsp3) is 0.467. The lowest BCUT2D eigenvalue weighted by Gasteiger charge is -2.15. The van der Waals surface area contributed by atoms with E-state index in [1.54, 1.807) is 13.3 Å². The van der Waals surface area contributed by atoms with Crippen LogP contribution in [0, 0.1) is 5.82 Å². The topological polar surface area (TPSA) is 32.7 Å². The summed E-state index contributed by atoms with van der Waals surface area (Å²) >= 11 is 0. The number of Topliss-reactive ketones (excluding diaryl/α,β-unsaturated/α-hetero) is 1. The van der Waals surface area contributed by atoms with Crippen LogP contribution in [0.2, 0.25) is 0 Å². The van der Waals surface area contributed by atoms with Crippen molar-refractivity contribution in [2.24, 2.45) is 4.99 Å². The molecule has 0 radical (unpaired) electrons. The number of ketones is 1. The smallest absolute Gasteiger partial charge is 0.163 e. The quantitative estimate of drug-likeness (QED) is 0.356. The number of hydrogen-bond acceptors (Lipinski definition) is 3. The number of aliphatic imine (C=N–C) groups is 1. The maximum absolute atomic E-state index is 15.4. The van der Waals surface area contributed by atoms with Crippen molar-refractivity contribution in [1.29, 1.82) is 0 Å². The van der Waals surface area contributed by atoms with Crippen LogP contribution in [-0.2, 0) is 12.8 Å². The van der Waals surface area contributed by atoms with E-state index in [9.17, 15) is 4.79 Å². The van der Waals surface area contributed by atoms with Crippen molar-refractivity contribution < 1.29 is 9.18 Å². The SMILES string of the molecule is C/C=C(\C=NC)c1ccc2c(c1F)-c1c(ccc3c1CCC3=O)C2.CC.CCCN(CC)CC. The minimum atomic E-state index is -0.202. The van der Waals surface area contributed by atoms with E-state index in [1.165, 1.54) is 26.1 Å². The van der Waals surface area contributed by atoms with Crippen LogP contribution >= 0.6 is 0 Å². The van der Waals surface area contributed by atoms with Gasteiger partial charge in [0.2, 0.25) is 0 Å². The van der Waals surface area contributed by atoms with Crippen LogP contribution in [-0.4, -0.2) is 43.6 Å². The number of halogens is 1. The zero-order chi connectivity index (χ0) is 25.3. The van der Waals surface area contributed by atoms with Crippen molar-refractivity contribution in [2.45, 2.75) is 67.2 Å². The van der Waals surface area contributed by atoms with E-state index in [0.717, 1.165) is 39.8 Å². The molecule has 34 heavy (non-hydrogen) atoms. The number of nitrogens with zero attached hydrogens (tertiary/aromatic N) is 2. The van der Waals surface area contributed by atoms with Crippen molar-refractivity contribution in [1.82, 2.24) is 4.90 Å². The second kappa shape index (κ2) is 13.3. The molecule has 0 spiro atoms. The Kier molecular flexibility index (Phi) is 10.8. The Morgan fingerprint density at radius 2 is 1.68 bits per heavy atom. The van der Waals surface area contributed by atoms with Gasteiger partial charge in [0.1, 0.15) is 5.82 Å². The zero-order valence-electron chi connectivity index (χ0n) is 22.1. The van der Waals surface area contributed by atoms with Crippen LogP contribution in [0.5, 0.6) is 0 Å². The Bertz CT molecular complexity index is 1050. The fourth-order valence-electron chi connectivity index (χ4n) is 4.81. The number of hydrogen-bond donors (Lipinski definition) is 0. The summed E-state index contributed by atoms with van der Waals surface area (Å²) in [5.74, 6) is -0.0305. The second-order valence-electron chi connectivity index (χ2n) is 8.35. The molecule has 0 amide bonds. The molecule has 2 aromatic carbocycles.